The molecule has 1 atom stereocenters. The van der Waals surface area contributed by atoms with Crippen LogP contribution in [0.1, 0.15) is 34.2 Å². The molecule has 1 aromatic rings. The number of carbonyl (C=O) groups is 1. The van der Waals surface area contributed by atoms with Gasteiger partial charge in [-0.1, -0.05) is 0 Å². The zero-order valence-corrected chi connectivity index (χ0v) is 14.5. The van der Waals surface area contributed by atoms with Crippen molar-refractivity contribution >= 4 is 16.0 Å². The van der Waals surface area contributed by atoms with Gasteiger partial charge in [0.15, 0.2) is 0 Å². The van der Waals surface area contributed by atoms with Gasteiger partial charge in [0, 0.05) is 13.1 Å². The van der Waals surface area contributed by atoms with Crippen LogP contribution in [0.4, 0.5) is 0 Å². The fraction of sp³-hybridized carbons (Fsp3) is 0.562. The number of carboxylic acid groups (broad SMARTS) is 1. The molecule has 0 radical (unpaired) electrons. The number of nitrogens with zero attached hydrogens (tertiary/aromatic N) is 1. The van der Waals surface area contributed by atoms with Crippen LogP contribution in [0.15, 0.2) is 4.90 Å². The van der Waals surface area contributed by atoms with E-state index in [1.807, 2.05) is 34.6 Å². The Labute approximate surface area is 132 Å². The third kappa shape index (κ3) is 2.54. The van der Waals surface area contributed by atoms with E-state index in [0.717, 1.165) is 27.8 Å². The van der Waals surface area contributed by atoms with Crippen molar-refractivity contribution in [3.63, 3.8) is 0 Å². The Morgan fingerprint density at radius 2 is 1.45 bits per heavy atom. The molecule has 0 aliphatic carbocycles. The normalized spacial score (nSPS) is 19.6. The van der Waals surface area contributed by atoms with Crippen LogP contribution in [0, 0.1) is 40.5 Å². The molecule has 1 aliphatic rings. The Bertz CT molecular complexity index is 708. The van der Waals surface area contributed by atoms with Crippen molar-refractivity contribution in [3.05, 3.63) is 27.8 Å². The highest BCUT2D eigenvalue weighted by Gasteiger charge is 2.37. The summed E-state index contributed by atoms with van der Waals surface area (Å²) in [7, 11) is -3.66. The number of hydrogen-bond donors (Lipinski definition) is 1. The van der Waals surface area contributed by atoms with Gasteiger partial charge in [0.1, 0.15) is 0 Å². The molecule has 0 aromatic heterocycles. The molecule has 0 amide bonds. The summed E-state index contributed by atoms with van der Waals surface area (Å²) in [5.41, 5.74) is 4.60. The number of rotatable bonds is 3. The van der Waals surface area contributed by atoms with Crippen LogP contribution < -0.4 is 0 Å². The van der Waals surface area contributed by atoms with Gasteiger partial charge in [0.25, 0.3) is 0 Å². The molecular weight excluding hydrogens is 302 g/mol. The highest BCUT2D eigenvalue weighted by molar-refractivity contribution is 7.89. The van der Waals surface area contributed by atoms with Crippen molar-refractivity contribution in [2.24, 2.45) is 5.92 Å². The van der Waals surface area contributed by atoms with Crippen molar-refractivity contribution in [3.8, 4) is 0 Å². The van der Waals surface area contributed by atoms with Gasteiger partial charge < -0.3 is 5.11 Å². The Morgan fingerprint density at radius 1 is 1.00 bits per heavy atom. The first-order valence-corrected chi connectivity index (χ1v) is 8.83. The molecule has 1 N–H and O–H groups in total. The van der Waals surface area contributed by atoms with Gasteiger partial charge in [-0.3, -0.25) is 4.79 Å². The van der Waals surface area contributed by atoms with Crippen LogP contribution in [0.25, 0.3) is 0 Å². The number of carboxylic acids is 1. The molecular formula is C16H23NO4S. The van der Waals surface area contributed by atoms with Gasteiger partial charge in [-0.2, -0.15) is 4.31 Å². The maximum Gasteiger partial charge on any atom is 0.307 e. The van der Waals surface area contributed by atoms with Gasteiger partial charge in [0.05, 0.1) is 10.8 Å². The molecule has 0 saturated carbocycles. The monoisotopic (exact) mass is 325 g/mol. The van der Waals surface area contributed by atoms with Crippen molar-refractivity contribution < 1.29 is 18.3 Å². The van der Waals surface area contributed by atoms with Crippen molar-refractivity contribution in [1.29, 1.82) is 0 Å². The summed E-state index contributed by atoms with van der Waals surface area (Å²) >= 11 is 0. The average Bonchev–Trinajstić information content (AvgIpc) is 2.93. The molecule has 1 saturated heterocycles. The minimum Gasteiger partial charge on any atom is -0.481 e. The summed E-state index contributed by atoms with van der Waals surface area (Å²) < 4.78 is 27.3. The highest BCUT2D eigenvalue weighted by atomic mass is 32.2. The average molecular weight is 325 g/mol. The van der Waals surface area contributed by atoms with Crippen LogP contribution >= 0.6 is 0 Å². The Morgan fingerprint density at radius 3 is 1.86 bits per heavy atom. The first-order valence-electron chi connectivity index (χ1n) is 7.39. The Hall–Kier alpha value is -1.40. The molecule has 0 spiro atoms. The van der Waals surface area contributed by atoms with Crippen LogP contribution in [0.5, 0.6) is 0 Å². The molecule has 122 valence electrons. The highest BCUT2D eigenvalue weighted by Crippen LogP contribution is 2.33. The first kappa shape index (κ1) is 17.0. The van der Waals surface area contributed by atoms with Crippen molar-refractivity contribution in [1.82, 2.24) is 4.31 Å². The maximum atomic E-state index is 13.0. The van der Waals surface area contributed by atoms with E-state index >= 15 is 0 Å². The Balaban J connectivity index is 2.55. The fourth-order valence-electron chi connectivity index (χ4n) is 3.13. The molecule has 1 fully saturated rings. The Kier molecular flexibility index (Phi) is 4.37. The summed E-state index contributed by atoms with van der Waals surface area (Å²) in [4.78, 5) is 11.4. The van der Waals surface area contributed by atoms with Gasteiger partial charge in [-0.15, -0.1) is 0 Å². The number of hydrogen-bond acceptors (Lipinski definition) is 3. The summed E-state index contributed by atoms with van der Waals surface area (Å²) in [6.45, 7) is 9.84. The van der Waals surface area contributed by atoms with Crippen LogP contribution in [0.3, 0.4) is 0 Å². The number of benzene rings is 1. The molecule has 1 aromatic carbocycles. The predicted molar refractivity (Wildman–Crippen MR) is 84.6 cm³/mol. The summed E-state index contributed by atoms with van der Waals surface area (Å²) in [5, 5.41) is 9.08. The van der Waals surface area contributed by atoms with E-state index in [1.165, 1.54) is 4.31 Å². The lowest BCUT2D eigenvalue weighted by molar-refractivity contribution is -0.141. The minimum atomic E-state index is -3.66. The second-order valence-corrected chi connectivity index (χ2v) is 8.02. The second kappa shape index (κ2) is 5.66. The van der Waals surface area contributed by atoms with E-state index in [0.29, 0.717) is 11.3 Å². The predicted octanol–water partition coefficient (Wildman–Crippen LogP) is 2.32. The fourth-order valence-corrected chi connectivity index (χ4v) is 5.19. The number of sulfonamides is 1. The smallest absolute Gasteiger partial charge is 0.307 e. The van der Waals surface area contributed by atoms with Crippen molar-refractivity contribution in [2.45, 2.75) is 45.9 Å². The van der Waals surface area contributed by atoms with Crippen LogP contribution in [-0.2, 0) is 14.8 Å². The number of aliphatic carboxylic acids is 1. The lowest BCUT2D eigenvalue weighted by Crippen LogP contribution is -2.31. The lowest BCUT2D eigenvalue weighted by Gasteiger charge is -2.23. The zero-order valence-electron chi connectivity index (χ0n) is 13.7. The maximum absolute atomic E-state index is 13.0. The zero-order chi connectivity index (χ0) is 16.8. The third-order valence-corrected chi connectivity index (χ3v) is 7.17. The minimum absolute atomic E-state index is 0.0581. The standard InChI is InChI=1S/C16H23NO4S/c1-9-10(2)12(4)15(13(5)11(9)3)22(20,21)17-7-6-14(8-17)16(18)19/h14H,6-8H2,1-5H3,(H,18,19). The molecule has 6 heteroatoms. The third-order valence-electron chi connectivity index (χ3n) is 5.03. The first-order chi connectivity index (χ1) is 10.1. The van der Waals surface area contributed by atoms with Gasteiger partial charge in [-0.05, 0) is 68.9 Å². The van der Waals surface area contributed by atoms with E-state index in [2.05, 4.69) is 0 Å². The van der Waals surface area contributed by atoms with Gasteiger partial charge in [-0.25, -0.2) is 8.42 Å². The molecule has 0 bridgehead atoms. The lowest BCUT2D eigenvalue weighted by atomic mass is 9.95. The van der Waals surface area contributed by atoms with Gasteiger partial charge >= 0.3 is 5.97 Å². The molecule has 1 aliphatic heterocycles. The molecule has 22 heavy (non-hydrogen) atoms. The topological polar surface area (TPSA) is 74.7 Å². The van der Waals surface area contributed by atoms with E-state index < -0.39 is 21.9 Å². The van der Waals surface area contributed by atoms with E-state index in [9.17, 15) is 13.2 Å². The van der Waals surface area contributed by atoms with E-state index in [4.69, 9.17) is 5.11 Å². The van der Waals surface area contributed by atoms with Crippen LogP contribution in [0.2, 0.25) is 0 Å². The summed E-state index contributed by atoms with van der Waals surface area (Å²) in [6.07, 6.45) is 0.372. The quantitative estimate of drug-likeness (QED) is 0.925. The largest absolute Gasteiger partial charge is 0.481 e. The molecule has 2 rings (SSSR count). The molecule has 1 unspecified atom stereocenters. The summed E-state index contributed by atoms with van der Waals surface area (Å²) in [6, 6.07) is 0. The van der Waals surface area contributed by atoms with Gasteiger partial charge in [0.2, 0.25) is 10.0 Å². The van der Waals surface area contributed by atoms with Crippen molar-refractivity contribution in [2.75, 3.05) is 13.1 Å². The molecule has 5 nitrogen and oxygen atoms in total. The SMILES string of the molecule is Cc1c(C)c(C)c(S(=O)(=O)N2CCC(C(=O)O)C2)c(C)c1C. The van der Waals surface area contributed by atoms with Crippen LogP contribution in [-0.4, -0.2) is 36.9 Å². The second-order valence-electron chi connectivity index (χ2n) is 6.14. The van der Waals surface area contributed by atoms with E-state index in [1.54, 1.807) is 0 Å². The molecule has 1 heterocycles. The summed E-state index contributed by atoms with van der Waals surface area (Å²) in [5.74, 6) is -1.54. The van der Waals surface area contributed by atoms with E-state index in [-0.39, 0.29) is 13.1 Å².